The monoisotopic (exact) mass is 276 g/mol. The average molecular weight is 276 g/mol. The van der Waals surface area contributed by atoms with Gasteiger partial charge in [-0.2, -0.15) is 10.1 Å². The molecule has 7 heteroatoms. The predicted molar refractivity (Wildman–Crippen MR) is 71.7 cm³/mol. The Bertz CT molecular complexity index is 523. The maximum absolute atomic E-state index is 5.16. The fraction of sp³-hybridized carbons (Fsp3) is 0.692. The molecule has 108 valence electrons. The van der Waals surface area contributed by atoms with Gasteiger partial charge in [0.2, 0.25) is 5.89 Å². The van der Waals surface area contributed by atoms with Gasteiger partial charge in [-0.3, -0.25) is 9.58 Å². The zero-order valence-electron chi connectivity index (χ0n) is 11.8. The number of aryl methyl sites for hydroxylation is 1. The van der Waals surface area contributed by atoms with Crippen LogP contribution >= 0.6 is 0 Å². The lowest BCUT2D eigenvalue weighted by atomic mass is 9.98. The third-order valence-electron chi connectivity index (χ3n) is 3.69. The van der Waals surface area contributed by atoms with E-state index >= 15 is 0 Å². The molecule has 0 saturated carbocycles. The largest absolute Gasteiger partial charge is 0.339 e. The van der Waals surface area contributed by atoms with Crippen LogP contribution in [0.2, 0.25) is 0 Å². The second-order valence-electron chi connectivity index (χ2n) is 5.32. The molecule has 3 rings (SSSR count). The van der Waals surface area contributed by atoms with Crippen molar-refractivity contribution in [3.05, 3.63) is 24.4 Å². The highest BCUT2D eigenvalue weighted by Gasteiger charge is 2.22. The number of piperidine rings is 1. The lowest BCUT2D eigenvalue weighted by Gasteiger charge is -2.31. The van der Waals surface area contributed by atoms with Crippen molar-refractivity contribution in [2.45, 2.75) is 39.3 Å². The molecule has 0 N–H and O–H groups in total. The summed E-state index contributed by atoms with van der Waals surface area (Å²) in [7, 11) is 0. The summed E-state index contributed by atoms with van der Waals surface area (Å²) in [6.07, 6.45) is 6.61. The number of hydrogen-bond donors (Lipinski definition) is 0. The van der Waals surface area contributed by atoms with Crippen molar-refractivity contribution >= 4 is 0 Å². The summed E-state index contributed by atoms with van der Waals surface area (Å²) in [5.41, 5.74) is 0. The third-order valence-corrected chi connectivity index (χ3v) is 3.69. The van der Waals surface area contributed by atoms with Gasteiger partial charge in [-0.1, -0.05) is 12.1 Å². The minimum Gasteiger partial charge on any atom is -0.339 e. The maximum atomic E-state index is 5.16. The van der Waals surface area contributed by atoms with Gasteiger partial charge in [-0.15, -0.1) is 0 Å². The summed E-state index contributed by atoms with van der Waals surface area (Å²) in [5, 5.41) is 8.21. The first-order valence-electron chi connectivity index (χ1n) is 7.19. The average Bonchev–Trinajstić information content (AvgIpc) is 3.11. The summed E-state index contributed by atoms with van der Waals surface area (Å²) in [6, 6.07) is 0. The second-order valence-corrected chi connectivity index (χ2v) is 5.32. The Hall–Kier alpha value is -1.76. The van der Waals surface area contributed by atoms with Gasteiger partial charge >= 0.3 is 0 Å². The first-order valence-corrected chi connectivity index (χ1v) is 7.19. The molecule has 1 fully saturated rings. The van der Waals surface area contributed by atoms with E-state index in [9.17, 15) is 0 Å². The Morgan fingerprint density at radius 1 is 1.45 bits per heavy atom. The van der Waals surface area contributed by atoms with Gasteiger partial charge in [0.15, 0.2) is 5.82 Å². The van der Waals surface area contributed by atoms with Gasteiger partial charge in [-0.25, -0.2) is 4.98 Å². The van der Waals surface area contributed by atoms with Crippen LogP contribution < -0.4 is 0 Å². The second kappa shape index (κ2) is 6.13. The normalized spacial score (nSPS) is 20.4. The summed E-state index contributed by atoms with van der Waals surface area (Å²) in [4.78, 5) is 10.8. The number of rotatable bonds is 5. The van der Waals surface area contributed by atoms with Crippen LogP contribution in [0.25, 0.3) is 0 Å². The van der Waals surface area contributed by atoms with Crippen LogP contribution in [0, 0.1) is 5.92 Å². The van der Waals surface area contributed by atoms with Gasteiger partial charge in [0.1, 0.15) is 12.7 Å². The molecule has 20 heavy (non-hydrogen) atoms. The first kappa shape index (κ1) is 13.2. The Balaban J connectivity index is 1.54. The van der Waals surface area contributed by atoms with Crippen molar-refractivity contribution in [3.63, 3.8) is 0 Å². The van der Waals surface area contributed by atoms with E-state index in [0.29, 0.717) is 5.92 Å². The van der Waals surface area contributed by atoms with Gasteiger partial charge in [-0.05, 0) is 25.3 Å². The fourth-order valence-electron chi connectivity index (χ4n) is 2.73. The van der Waals surface area contributed by atoms with Crippen LogP contribution in [0.4, 0.5) is 0 Å². The molecule has 0 bridgehead atoms. The van der Waals surface area contributed by atoms with Crippen molar-refractivity contribution in [2.75, 3.05) is 13.1 Å². The molecule has 3 heterocycles. The summed E-state index contributed by atoms with van der Waals surface area (Å²) in [5.74, 6) is 2.13. The highest BCUT2D eigenvalue weighted by Crippen LogP contribution is 2.19. The van der Waals surface area contributed by atoms with E-state index in [2.05, 4.69) is 25.1 Å². The zero-order valence-corrected chi connectivity index (χ0v) is 11.8. The number of hydrogen-bond acceptors (Lipinski definition) is 6. The van der Waals surface area contributed by atoms with Crippen molar-refractivity contribution in [1.29, 1.82) is 0 Å². The van der Waals surface area contributed by atoms with Crippen LogP contribution in [0.1, 0.15) is 31.5 Å². The molecule has 0 unspecified atom stereocenters. The maximum Gasteiger partial charge on any atom is 0.226 e. The Morgan fingerprint density at radius 2 is 2.40 bits per heavy atom. The van der Waals surface area contributed by atoms with E-state index in [4.69, 9.17) is 4.52 Å². The Morgan fingerprint density at radius 3 is 3.15 bits per heavy atom. The zero-order chi connectivity index (χ0) is 13.8. The fourth-order valence-corrected chi connectivity index (χ4v) is 2.73. The molecular formula is C13H20N6O. The predicted octanol–water partition coefficient (Wildman–Crippen LogP) is 1.14. The molecule has 0 amide bonds. The lowest BCUT2D eigenvalue weighted by molar-refractivity contribution is 0.149. The van der Waals surface area contributed by atoms with E-state index in [-0.39, 0.29) is 0 Å². The van der Waals surface area contributed by atoms with Crippen molar-refractivity contribution in [2.24, 2.45) is 5.92 Å². The van der Waals surface area contributed by atoms with E-state index in [0.717, 1.165) is 44.3 Å². The molecule has 2 aromatic heterocycles. The van der Waals surface area contributed by atoms with Crippen LogP contribution in [0.5, 0.6) is 0 Å². The van der Waals surface area contributed by atoms with Crippen LogP contribution in [0.3, 0.4) is 0 Å². The molecule has 1 saturated heterocycles. The Labute approximate surface area is 118 Å². The number of aromatic nitrogens is 5. The van der Waals surface area contributed by atoms with Crippen molar-refractivity contribution in [3.8, 4) is 0 Å². The molecule has 1 aliphatic heterocycles. The smallest absolute Gasteiger partial charge is 0.226 e. The summed E-state index contributed by atoms with van der Waals surface area (Å²) >= 11 is 0. The minimum atomic E-state index is 0.614. The summed E-state index contributed by atoms with van der Waals surface area (Å²) in [6.45, 7) is 5.88. The van der Waals surface area contributed by atoms with Gasteiger partial charge in [0.05, 0.1) is 6.54 Å². The van der Waals surface area contributed by atoms with E-state index in [1.807, 2.05) is 11.6 Å². The summed E-state index contributed by atoms with van der Waals surface area (Å²) < 4.78 is 7.07. The van der Waals surface area contributed by atoms with Crippen LogP contribution in [0.15, 0.2) is 17.2 Å². The molecule has 7 nitrogen and oxygen atoms in total. The molecule has 2 aromatic rings. The highest BCUT2D eigenvalue weighted by molar-refractivity contribution is 4.87. The molecule has 0 aromatic carbocycles. The number of likely N-dealkylation sites (tertiary alicyclic amines) is 1. The number of nitrogens with zero attached hydrogens (tertiary/aromatic N) is 6. The molecule has 0 spiro atoms. The molecule has 1 atom stereocenters. The molecule has 1 aliphatic rings. The standard InChI is InChI=1S/C13H20N6O/c1-2-13-16-12(17-20-13)8-18-5-3-4-11(6-18)7-19-10-14-9-15-19/h9-11H,2-8H2,1H3/t11-/m1/s1. The van der Waals surface area contributed by atoms with Crippen molar-refractivity contribution in [1.82, 2.24) is 29.8 Å². The quantitative estimate of drug-likeness (QED) is 0.815. The Kier molecular flexibility index (Phi) is 4.05. The minimum absolute atomic E-state index is 0.614. The highest BCUT2D eigenvalue weighted by atomic mass is 16.5. The topological polar surface area (TPSA) is 72.9 Å². The van der Waals surface area contributed by atoms with Crippen LogP contribution in [-0.2, 0) is 19.5 Å². The van der Waals surface area contributed by atoms with E-state index in [1.54, 1.807) is 12.7 Å². The molecule has 0 radical (unpaired) electrons. The third kappa shape index (κ3) is 3.22. The SMILES string of the molecule is CCc1nc(CN2CCC[C@@H](Cn3cncn3)C2)no1. The van der Waals surface area contributed by atoms with Gasteiger partial charge in [0, 0.05) is 19.5 Å². The van der Waals surface area contributed by atoms with Gasteiger partial charge in [0.25, 0.3) is 0 Å². The van der Waals surface area contributed by atoms with Gasteiger partial charge < -0.3 is 4.52 Å². The van der Waals surface area contributed by atoms with E-state index in [1.165, 1.54) is 12.8 Å². The lowest BCUT2D eigenvalue weighted by Crippen LogP contribution is -2.36. The van der Waals surface area contributed by atoms with E-state index < -0.39 is 0 Å². The molecular weight excluding hydrogens is 256 g/mol. The molecule has 0 aliphatic carbocycles. The van der Waals surface area contributed by atoms with Crippen LogP contribution in [-0.4, -0.2) is 42.9 Å². The first-order chi connectivity index (χ1) is 9.83. The van der Waals surface area contributed by atoms with Crippen molar-refractivity contribution < 1.29 is 4.52 Å².